The van der Waals surface area contributed by atoms with Crippen LogP contribution < -0.4 is 0 Å². The van der Waals surface area contributed by atoms with Crippen LogP contribution in [0.2, 0.25) is 0 Å². The molecular formula is C52H32N4. The second kappa shape index (κ2) is 12.0. The lowest BCUT2D eigenvalue weighted by Crippen LogP contribution is -2.03. The van der Waals surface area contributed by atoms with Crippen LogP contribution in [0, 0.1) is 0 Å². The van der Waals surface area contributed by atoms with Gasteiger partial charge in [0.1, 0.15) is 0 Å². The summed E-state index contributed by atoms with van der Waals surface area (Å²) in [6, 6.07) is 69.6. The Labute approximate surface area is 322 Å². The standard InChI is InChI=1S/C52H32N4/c1-2-13-33(14-3-1)36-17-12-18-37(31-36)51-41-21-8-10-23-44(41)53-52(54-51)56-46-30-27-38(32-43(46)50-40-20-7-5-16-35(40)26-29-48(50)56)55-45-24-11-9-22-42(45)49-39-19-6-4-15-34(39)25-28-47(49)55/h1-32H. The van der Waals surface area contributed by atoms with Gasteiger partial charge in [-0.15, -0.1) is 0 Å². The van der Waals surface area contributed by atoms with Gasteiger partial charge in [-0.2, -0.15) is 0 Å². The number of hydrogen-bond acceptors (Lipinski definition) is 2. The van der Waals surface area contributed by atoms with Crippen molar-refractivity contribution in [1.82, 2.24) is 19.1 Å². The van der Waals surface area contributed by atoms with Crippen molar-refractivity contribution in [3.63, 3.8) is 0 Å². The Hall–Kier alpha value is -7.56. The summed E-state index contributed by atoms with van der Waals surface area (Å²) in [6.07, 6.45) is 0. The molecule has 0 radical (unpaired) electrons. The third-order valence-electron chi connectivity index (χ3n) is 11.5. The first-order valence-corrected chi connectivity index (χ1v) is 19.1. The van der Waals surface area contributed by atoms with Crippen LogP contribution in [-0.4, -0.2) is 19.1 Å². The van der Waals surface area contributed by atoms with Crippen LogP contribution in [0.25, 0.3) is 110 Å². The van der Waals surface area contributed by atoms with Crippen molar-refractivity contribution in [1.29, 1.82) is 0 Å². The van der Waals surface area contributed by atoms with Crippen molar-refractivity contribution in [3.8, 4) is 34.0 Å². The average molecular weight is 713 g/mol. The molecule has 0 aliphatic rings. The maximum atomic E-state index is 5.46. The number of hydrogen-bond donors (Lipinski definition) is 0. The number of rotatable bonds is 4. The molecule has 12 rings (SSSR count). The van der Waals surface area contributed by atoms with Crippen LogP contribution in [0.1, 0.15) is 0 Å². The Bertz CT molecular complexity index is 3540. The molecule has 0 fully saturated rings. The van der Waals surface area contributed by atoms with Gasteiger partial charge in [0, 0.05) is 38.2 Å². The molecule has 0 unspecified atom stereocenters. The SMILES string of the molecule is c1ccc(-c2cccc(-c3nc(-n4c5ccc(-n6c7ccccc7c7c8ccccc8ccc76)cc5c5c6ccccc6ccc54)nc4ccccc34)c2)cc1. The summed E-state index contributed by atoms with van der Waals surface area (Å²) in [5, 5.41) is 10.8. The highest BCUT2D eigenvalue weighted by atomic mass is 15.2. The van der Waals surface area contributed by atoms with Crippen molar-refractivity contribution < 1.29 is 0 Å². The number of nitrogens with zero attached hydrogens (tertiary/aromatic N) is 4. The van der Waals surface area contributed by atoms with E-state index in [1.807, 2.05) is 0 Å². The van der Waals surface area contributed by atoms with Gasteiger partial charge in [0.15, 0.2) is 0 Å². The lowest BCUT2D eigenvalue weighted by molar-refractivity contribution is 1.01. The minimum Gasteiger partial charge on any atom is -0.309 e. The van der Waals surface area contributed by atoms with Crippen molar-refractivity contribution >= 4 is 76.1 Å². The van der Waals surface area contributed by atoms with Crippen LogP contribution >= 0.6 is 0 Å². The largest absolute Gasteiger partial charge is 0.309 e. The number of para-hydroxylation sites is 2. The molecule has 12 aromatic rings. The lowest BCUT2D eigenvalue weighted by atomic mass is 10.00. The van der Waals surface area contributed by atoms with Crippen molar-refractivity contribution in [2.45, 2.75) is 0 Å². The van der Waals surface area contributed by atoms with E-state index in [2.05, 4.69) is 203 Å². The highest BCUT2D eigenvalue weighted by molar-refractivity contribution is 6.23. The first-order valence-electron chi connectivity index (χ1n) is 19.1. The minimum absolute atomic E-state index is 0.648. The summed E-state index contributed by atoms with van der Waals surface area (Å²) in [5.74, 6) is 0.648. The molecular weight excluding hydrogens is 681 g/mol. The molecule has 4 heteroatoms. The first-order chi connectivity index (χ1) is 27.8. The summed E-state index contributed by atoms with van der Waals surface area (Å²) in [6.45, 7) is 0. The Kier molecular flexibility index (Phi) is 6.60. The van der Waals surface area contributed by atoms with Gasteiger partial charge in [-0.25, -0.2) is 9.97 Å². The third kappa shape index (κ3) is 4.53. The van der Waals surface area contributed by atoms with Gasteiger partial charge >= 0.3 is 0 Å². The molecule has 0 saturated heterocycles. The Balaban J connectivity index is 1.15. The second-order valence-electron chi connectivity index (χ2n) is 14.6. The van der Waals surface area contributed by atoms with Crippen LogP contribution in [-0.2, 0) is 0 Å². The zero-order chi connectivity index (χ0) is 36.7. The van der Waals surface area contributed by atoms with E-state index in [1.165, 1.54) is 54.3 Å². The first kappa shape index (κ1) is 30.9. The fourth-order valence-corrected chi connectivity index (χ4v) is 9.01. The van der Waals surface area contributed by atoms with Crippen molar-refractivity contribution in [2.24, 2.45) is 0 Å². The molecule has 9 aromatic carbocycles. The molecule has 56 heavy (non-hydrogen) atoms. The third-order valence-corrected chi connectivity index (χ3v) is 11.5. The predicted molar refractivity (Wildman–Crippen MR) is 234 cm³/mol. The van der Waals surface area contributed by atoms with E-state index in [9.17, 15) is 0 Å². The van der Waals surface area contributed by atoms with Gasteiger partial charge < -0.3 is 4.57 Å². The van der Waals surface area contributed by atoms with Crippen LogP contribution in [0.5, 0.6) is 0 Å². The smallest absolute Gasteiger partial charge is 0.235 e. The summed E-state index contributed by atoms with van der Waals surface area (Å²) < 4.78 is 4.69. The van der Waals surface area contributed by atoms with Crippen LogP contribution in [0.3, 0.4) is 0 Å². The Morgan fingerprint density at radius 2 is 0.893 bits per heavy atom. The Morgan fingerprint density at radius 3 is 1.68 bits per heavy atom. The number of aromatic nitrogens is 4. The van der Waals surface area contributed by atoms with E-state index < -0.39 is 0 Å². The predicted octanol–water partition coefficient (Wildman–Crippen LogP) is 13.5. The van der Waals surface area contributed by atoms with Gasteiger partial charge in [0.25, 0.3) is 0 Å². The zero-order valence-corrected chi connectivity index (χ0v) is 30.3. The average Bonchev–Trinajstić information content (AvgIpc) is 3.79. The van der Waals surface area contributed by atoms with E-state index >= 15 is 0 Å². The van der Waals surface area contributed by atoms with Gasteiger partial charge in [-0.1, -0.05) is 146 Å². The fourth-order valence-electron chi connectivity index (χ4n) is 9.01. The van der Waals surface area contributed by atoms with Gasteiger partial charge in [-0.3, -0.25) is 4.57 Å². The highest BCUT2D eigenvalue weighted by Gasteiger charge is 2.21. The maximum Gasteiger partial charge on any atom is 0.235 e. The van der Waals surface area contributed by atoms with Crippen LogP contribution in [0.15, 0.2) is 194 Å². The van der Waals surface area contributed by atoms with E-state index in [0.717, 1.165) is 49.8 Å². The molecule has 3 aromatic heterocycles. The normalized spacial score (nSPS) is 11.9. The van der Waals surface area contributed by atoms with E-state index in [0.29, 0.717) is 5.95 Å². The Morgan fingerprint density at radius 1 is 0.321 bits per heavy atom. The molecule has 0 bridgehead atoms. The van der Waals surface area contributed by atoms with E-state index in [-0.39, 0.29) is 0 Å². The summed E-state index contributed by atoms with van der Waals surface area (Å²) in [5.41, 5.74) is 10.8. The molecule has 3 heterocycles. The second-order valence-corrected chi connectivity index (χ2v) is 14.6. The zero-order valence-electron chi connectivity index (χ0n) is 30.3. The lowest BCUT2D eigenvalue weighted by Gasteiger charge is -2.13. The van der Waals surface area contributed by atoms with Crippen LogP contribution in [0.4, 0.5) is 0 Å². The fraction of sp³-hybridized carbons (Fsp3) is 0. The molecule has 260 valence electrons. The van der Waals surface area contributed by atoms with Gasteiger partial charge in [0.05, 0.1) is 33.3 Å². The molecule has 0 saturated carbocycles. The monoisotopic (exact) mass is 712 g/mol. The quantitative estimate of drug-likeness (QED) is 0.182. The maximum absolute atomic E-state index is 5.46. The van der Waals surface area contributed by atoms with Crippen molar-refractivity contribution in [2.75, 3.05) is 0 Å². The molecule has 0 N–H and O–H groups in total. The minimum atomic E-state index is 0.648. The molecule has 0 aliphatic carbocycles. The summed E-state index contributed by atoms with van der Waals surface area (Å²) >= 11 is 0. The molecule has 0 spiro atoms. The topological polar surface area (TPSA) is 35.6 Å². The molecule has 0 amide bonds. The molecule has 4 nitrogen and oxygen atoms in total. The van der Waals surface area contributed by atoms with E-state index in [4.69, 9.17) is 9.97 Å². The number of fused-ring (bicyclic) bond motifs is 11. The molecule has 0 atom stereocenters. The van der Waals surface area contributed by atoms with Gasteiger partial charge in [-0.05, 0) is 81.2 Å². The highest BCUT2D eigenvalue weighted by Crippen LogP contribution is 2.41. The summed E-state index contributed by atoms with van der Waals surface area (Å²) in [4.78, 5) is 10.8. The molecule has 0 aliphatic heterocycles. The van der Waals surface area contributed by atoms with Crippen molar-refractivity contribution in [3.05, 3.63) is 194 Å². The van der Waals surface area contributed by atoms with Gasteiger partial charge in [0.2, 0.25) is 5.95 Å². The number of benzene rings is 9. The van der Waals surface area contributed by atoms with E-state index in [1.54, 1.807) is 0 Å². The summed E-state index contributed by atoms with van der Waals surface area (Å²) in [7, 11) is 0.